The number of rotatable bonds is 5. The highest BCUT2D eigenvalue weighted by Gasteiger charge is 2.26. The Labute approximate surface area is 154 Å². The first kappa shape index (κ1) is 18.5. The SMILES string of the molecule is Cc1nn(-c2ccc(F)cc2F)c(C)c1CC(=O)C(C#N)c1nccn1C. The van der Waals surface area contributed by atoms with Gasteiger partial charge in [-0.25, -0.2) is 18.4 Å². The van der Waals surface area contributed by atoms with Crippen LogP contribution in [0.1, 0.15) is 28.7 Å². The Morgan fingerprint density at radius 3 is 2.67 bits per heavy atom. The van der Waals surface area contributed by atoms with Crippen LogP contribution in [0.15, 0.2) is 30.6 Å². The molecule has 0 N–H and O–H groups in total. The van der Waals surface area contributed by atoms with Gasteiger partial charge in [0.05, 0.1) is 11.8 Å². The molecule has 0 aliphatic heterocycles. The van der Waals surface area contributed by atoms with Crippen molar-refractivity contribution in [3.05, 3.63) is 65.0 Å². The third-order valence-electron chi connectivity index (χ3n) is 4.50. The van der Waals surface area contributed by atoms with Gasteiger partial charge in [0.15, 0.2) is 17.5 Å². The van der Waals surface area contributed by atoms with Gasteiger partial charge in [-0.1, -0.05) is 0 Å². The molecule has 2 aromatic heterocycles. The normalized spacial score (nSPS) is 12.0. The number of nitrogens with zero attached hydrogens (tertiary/aromatic N) is 5. The summed E-state index contributed by atoms with van der Waals surface area (Å²) in [6.07, 6.45) is 3.16. The number of carbonyl (C=O) groups is 1. The number of carbonyl (C=O) groups excluding carboxylic acids is 1. The Hall–Kier alpha value is -3.34. The maximum atomic E-state index is 14.1. The summed E-state index contributed by atoms with van der Waals surface area (Å²) in [7, 11) is 1.71. The van der Waals surface area contributed by atoms with E-state index in [1.807, 2.05) is 6.07 Å². The molecule has 6 nitrogen and oxygen atoms in total. The van der Waals surface area contributed by atoms with Crippen LogP contribution in [0.3, 0.4) is 0 Å². The molecular formula is C19H17F2N5O. The van der Waals surface area contributed by atoms with Gasteiger partial charge in [-0.2, -0.15) is 10.4 Å². The highest BCUT2D eigenvalue weighted by atomic mass is 19.1. The molecule has 0 aliphatic rings. The van der Waals surface area contributed by atoms with E-state index in [1.165, 1.54) is 16.9 Å². The second-order valence-electron chi connectivity index (χ2n) is 6.26. The van der Waals surface area contributed by atoms with Crippen LogP contribution in [0.4, 0.5) is 8.78 Å². The Morgan fingerprint density at radius 2 is 2.07 bits per heavy atom. The monoisotopic (exact) mass is 369 g/mol. The lowest BCUT2D eigenvalue weighted by atomic mass is 9.97. The molecule has 0 spiro atoms. The fourth-order valence-corrected chi connectivity index (χ4v) is 3.02. The van der Waals surface area contributed by atoms with Crippen molar-refractivity contribution in [1.82, 2.24) is 19.3 Å². The summed E-state index contributed by atoms with van der Waals surface area (Å²) in [5.41, 5.74) is 1.80. The van der Waals surface area contributed by atoms with E-state index in [4.69, 9.17) is 0 Å². The van der Waals surface area contributed by atoms with E-state index in [0.717, 1.165) is 12.1 Å². The predicted octanol–water partition coefficient (Wildman–Crippen LogP) is 2.92. The number of aryl methyl sites for hydroxylation is 2. The minimum atomic E-state index is -1.00. The van der Waals surface area contributed by atoms with Crippen molar-refractivity contribution in [3.63, 3.8) is 0 Å². The minimum Gasteiger partial charge on any atom is -0.337 e. The lowest BCUT2D eigenvalue weighted by molar-refractivity contribution is -0.118. The Morgan fingerprint density at radius 1 is 1.33 bits per heavy atom. The van der Waals surface area contributed by atoms with E-state index in [2.05, 4.69) is 10.1 Å². The lowest BCUT2D eigenvalue weighted by Crippen LogP contribution is -2.18. The first-order valence-electron chi connectivity index (χ1n) is 8.23. The number of imidazole rings is 1. The molecule has 0 fully saturated rings. The van der Waals surface area contributed by atoms with Crippen LogP contribution in [0.25, 0.3) is 5.69 Å². The van der Waals surface area contributed by atoms with Gasteiger partial charge in [0.25, 0.3) is 0 Å². The molecule has 0 aliphatic carbocycles. The summed E-state index contributed by atoms with van der Waals surface area (Å²) in [6, 6.07) is 5.22. The minimum absolute atomic E-state index is 0.0361. The molecule has 8 heteroatoms. The van der Waals surface area contributed by atoms with E-state index in [-0.39, 0.29) is 17.9 Å². The standard InChI is InChI=1S/C19H17F2N5O/c1-11-14(9-18(27)15(10-22)19-23-6-7-25(19)3)12(2)26(24-11)17-5-4-13(20)8-16(17)21/h4-8,15H,9H2,1-3H3. The molecule has 3 aromatic rings. The van der Waals surface area contributed by atoms with E-state index < -0.39 is 17.6 Å². The predicted molar refractivity (Wildman–Crippen MR) is 93.2 cm³/mol. The highest BCUT2D eigenvalue weighted by molar-refractivity contribution is 5.89. The first-order valence-corrected chi connectivity index (χ1v) is 8.23. The summed E-state index contributed by atoms with van der Waals surface area (Å²) in [5, 5.41) is 13.7. The van der Waals surface area contributed by atoms with Gasteiger partial charge in [-0.3, -0.25) is 4.79 Å². The van der Waals surface area contributed by atoms with Crippen molar-refractivity contribution in [1.29, 1.82) is 5.26 Å². The van der Waals surface area contributed by atoms with Crippen LogP contribution < -0.4 is 0 Å². The third-order valence-corrected chi connectivity index (χ3v) is 4.50. The van der Waals surface area contributed by atoms with E-state index in [0.29, 0.717) is 22.8 Å². The molecule has 27 heavy (non-hydrogen) atoms. The Kier molecular flexibility index (Phi) is 4.86. The molecule has 3 rings (SSSR count). The van der Waals surface area contributed by atoms with Crippen molar-refractivity contribution in [3.8, 4) is 11.8 Å². The largest absolute Gasteiger partial charge is 0.337 e. The summed E-state index contributed by atoms with van der Waals surface area (Å²) in [4.78, 5) is 16.8. The van der Waals surface area contributed by atoms with Gasteiger partial charge in [0.1, 0.15) is 17.3 Å². The topological polar surface area (TPSA) is 76.5 Å². The summed E-state index contributed by atoms with van der Waals surface area (Å²) in [5.74, 6) is -2.39. The van der Waals surface area contributed by atoms with Crippen molar-refractivity contribution in [2.24, 2.45) is 7.05 Å². The average Bonchev–Trinajstić information content (AvgIpc) is 3.14. The van der Waals surface area contributed by atoms with Gasteiger partial charge in [-0.15, -0.1) is 0 Å². The van der Waals surface area contributed by atoms with Gasteiger partial charge < -0.3 is 4.57 Å². The van der Waals surface area contributed by atoms with Crippen molar-refractivity contribution in [2.45, 2.75) is 26.2 Å². The molecule has 0 bridgehead atoms. The Balaban J connectivity index is 1.94. The number of ketones is 1. The first-order chi connectivity index (χ1) is 12.8. The fourth-order valence-electron chi connectivity index (χ4n) is 3.02. The van der Waals surface area contributed by atoms with Crippen molar-refractivity contribution >= 4 is 5.78 Å². The molecule has 0 saturated heterocycles. The van der Waals surface area contributed by atoms with Crippen molar-refractivity contribution < 1.29 is 13.6 Å². The number of hydrogen-bond acceptors (Lipinski definition) is 4. The molecule has 1 unspecified atom stereocenters. The van der Waals surface area contributed by atoms with Crippen LogP contribution >= 0.6 is 0 Å². The zero-order chi connectivity index (χ0) is 19.7. The van der Waals surface area contributed by atoms with E-state index >= 15 is 0 Å². The smallest absolute Gasteiger partial charge is 0.163 e. The number of nitriles is 1. The second kappa shape index (κ2) is 7.11. The number of Topliss-reactive ketones (excluding diaryl/α,β-unsaturated/α-hetero) is 1. The lowest BCUT2D eigenvalue weighted by Gasteiger charge is -2.09. The number of aromatic nitrogens is 4. The quantitative estimate of drug-likeness (QED) is 0.693. The summed E-state index contributed by atoms with van der Waals surface area (Å²) >= 11 is 0. The van der Waals surface area contributed by atoms with Gasteiger partial charge in [0, 0.05) is 43.2 Å². The van der Waals surface area contributed by atoms with Crippen molar-refractivity contribution in [2.75, 3.05) is 0 Å². The third kappa shape index (κ3) is 3.36. The average molecular weight is 369 g/mol. The zero-order valence-corrected chi connectivity index (χ0v) is 15.1. The summed E-state index contributed by atoms with van der Waals surface area (Å²) < 4.78 is 30.2. The molecule has 0 amide bonds. The molecule has 1 atom stereocenters. The summed E-state index contributed by atoms with van der Waals surface area (Å²) in [6.45, 7) is 3.41. The van der Waals surface area contributed by atoms with Crippen LogP contribution in [-0.2, 0) is 18.3 Å². The number of benzene rings is 1. The van der Waals surface area contributed by atoms with Gasteiger partial charge >= 0.3 is 0 Å². The molecule has 2 heterocycles. The molecule has 138 valence electrons. The van der Waals surface area contributed by atoms with Crippen LogP contribution in [0.2, 0.25) is 0 Å². The molecule has 0 saturated carbocycles. The molecule has 0 radical (unpaired) electrons. The number of hydrogen-bond donors (Lipinski definition) is 0. The Bertz CT molecular complexity index is 1060. The molecule has 1 aromatic carbocycles. The van der Waals surface area contributed by atoms with Gasteiger partial charge in [-0.05, 0) is 26.0 Å². The van der Waals surface area contributed by atoms with E-state index in [1.54, 1.807) is 31.7 Å². The highest BCUT2D eigenvalue weighted by Crippen LogP contribution is 2.23. The maximum Gasteiger partial charge on any atom is 0.163 e. The van der Waals surface area contributed by atoms with E-state index in [9.17, 15) is 18.8 Å². The zero-order valence-electron chi connectivity index (χ0n) is 15.1. The fraction of sp³-hybridized carbons (Fsp3) is 0.263. The van der Waals surface area contributed by atoms with Crippen LogP contribution in [0.5, 0.6) is 0 Å². The van der Waals surface area contributed by atoms with Crippen LogP contribution in [0, 0.1) is 36.8 Å². The maximum absolute atomic E-state index is 14.1. The second-order valence-corrected chi connectivity index (χ2v) is 6.26. The van der Waals surface area contributed by atoms with Crippen LogP contribution in [-0.4, -0.2) is 25.1 Å². The number of halogens is 2. The molecular weight excluding hydrogens is 352 g/mol. The van der Waals surface area contributed by atoms with Gasteiger partial charge in [0.2, 0.25) is 0 Å².